The molecular weight excluding hydrogens is 252 g/mol. The third-order valence-corrected chi connectivity index (χ3v) is 4.42. The van der Waals surface area contributed by atoms with Gasteiger partial charge in [0.1, 0.15) is 0 Å². The summed E-state index contributed by atoms with van der Waals surface area (Å²) in [4.78, 5) is 4.39. The summed E-state index contributed by atoms with van der Waals surface area (Å²) in [6, 6.07) is 8.89. The Kier molecular flexibility index (Phi) is 5.67. The maximum Gasteiger partial charge on any atom is 0.0433 e. The van der Waals surface area contributed by atoms with E-state index < -0.39 is 0 Å². The monoisotopic (exact) mass is 274 g/mol. The van der Waals surface area contributed by atoms with Crippen LogP contribution in [0.15, 0.2) is 36.7 Å². The van der Waals surface area contributed by atoms with Crippen LogP contribution < -0.4 is 5.32 Å². The number of benzene rings is 1. The Morgan fingerprint density at radius 1 is 1.21 bits per heavy atom. The standard InChI is InChI=1S/C16H22N2S/c1-3-9-19-12-16(18-4-2)15-11-17-10-13-7-5-6-8-14(13)15/h5-8,10-11,16,18H,3-4,9,12H2,1-2H3. The fourth-order valence-electron chi connectivity index (χ4n) is 2.27. The molecule has 0 aliphatic heterocycles. The van der Waals surface area contributed by atoms with Gasteiger partial charge in [0.2, 0.25) is 0 Å². The van der Waals surface area contributed by atoms with Crippen LogP contribution >= 0.6 is 11.8 Å². The minimum atomic E-state index is 0.389. The Bertz CT molecular complexity index is 508. The molecule has 1 N–H and O–H groups in total. The largest absolute Gasteiger partial charge is 0.309 e. The van der Waals surface area contributed by atoms with Crippen LogP contribution in [0.2, 0.25) is 0 Å². The minimum Gasteiger partial charge on any atom is -0.309 e. The molecule has 1 atom stereocenters. The SMILES string of the molecule is CCCSCC(NCC)c1cncc2ccccc12. The minimum absolute atomic E-state index is 0.389. The molecule has 1 unspecified atom stereocenters. The third kappa shape index (κ3) is 3.71. The number of hydrogen-bond acceptors (Lipinski definition) is 3. The lowest BCUT2D eigenvalue weighted by Crippen LogP contribution is -2.23. The maximum atomic E-state index is 4.39. The molecule has 0 aliphatic rings. The van der Waals surface area contributed by atoms with Crippen molar-refractivity contribution in [1.29, 1.82) is 0 Å². The number of aromatic nitrogens is 1. The number of thioether (sulfide) groups is 1. The van der Waals surface area contributed by atoms with E-state index in [4.69, 9.17) is 0 Å². The molecule has 2 rings (SSSR count). The number of nitrogens with zero attached hydrogens (tertiary/aromatic N) is 1. The summed E-state index contributed by atoms with van der Waals surface area (Å²) in [6.45, 7) is 5.38. The normalized spacial score (nSPS) is 12.7. The van der Waals surface area contributed by atoms with E-state index >= 15 is 0 Å². The van der Waals surface area contributed by atoms with Crippen LogP contribution in [0.25, 0.3) is 10.8 Å². The zero-order valence-corrected chi connectivity index (χ0v) is 12.5. The predicted molar refractivity (Wildman–Crippen MR) is 85.8 cm³/mol. The predicted octanol–water partition coefficient (Wildman–Crippen LogP) is 4.03. The lowest BCUT2D eigenvalue weighted by molar-refractivity contribution is 0.608. The molecule has 1 aromatic heterocycles. The van der Waals surface area contributed by atoms with Gasteiger partial charge in [0.25, 0.3) is 0 Å². The second-order valence-corrected chi connectivity index (χ2v) is 5.78. The number of rotatable bonds is 7. The summed E-state index contributed by atoms with van der Waals surface area (Å²) in [5, 5.41) is 6.13. The van der Waals surface area contributed by atoms with Crippen LogP contribution in [0.3, 0.4) is 0 Å². The quantitative estimate of drug-likeness (QED) is 0.772. The van der Waals surface area contributed by atoms with Crippen molar-refractivity contribution in [2.45, 2.75) is 26.3 Å². The number of hydrogen-bond donors (Lipinski definition) is 1. The summed E-state index contributed by atoms with van der Waals surface area (Å²) >= 11 is 2.01. The molecule has 0 amide bonds. The van der Waals surface area contributed by atoms with Crippen molar-refractivity contribution in [2.75, 3.05) is 18.1 Å². The number of fused-ring (bicyclic) bond motifs is 1. The van der Waals surface area contributed by atoms with Gasteiger partial charge in [-0.3, -0.25) is 4.98 Å². The van der Waals surface area contributed by atoms with Gasteiger partial charge in [-0.25, -0.2) is 0 Å². The molecule has 2 nitrogen and oxygen atoms in total. The molecule has 19 heavy (non-hydrogen) atoms. The molecule has 2 aromatic rings. The lowest BCUT2D eigenvalue weighted by atomic mass is 10.0. The van der Waals surface area contributed by atoms with Crippen molar-refractivity contribution < 1.29 is 0 Å². The molecule has 0 saturated heterocycles. The molecule has 3 heteroatoms. The molecular formula is C16H22N2S. The lowest BCUT2D eigenvalue weighted by Gasteiger charge is -2.19. The van der Waals surface area contributed by atoms with E-state index in [-0.39, 0.29) is 0 Å². The van der Waals surface area contributed by atoms with E-state index in [1.165, 1.54) is 28.5 Å². The van der Waals surface area contributed by atoms with Crippen molar-refractivity contribution in [2.24, 2.45) is 0 Å². The van der Waals surface area contributed by atoms with Crippen molar-refractivity contribution in [3.05, 3.63) is 42.2 Å². The molecule has 0 spiro atoms. The van der Waals surface area contributed by atoms with Gasteiger partial charge in [-0.1, -0.05) is 38.1 Å². The van der Waals surface area contributed by atoms with E-state index in [0.29, 0.717) is 6.04 Å². The van der Waals surface area contributed by atoms with Crippen molar-refractivity contribution in [3.63, 3.8) is 0 Å². The van der Waals surface area contributed by atoms with Crippen molar-refractivity contribution in [1.82, 2.24) is 10.3 Å². The van der Waals surface area contributed by atoms with E-state index in [1.54, 1.807) is 0 Å². The Balaban J connectivity index is 2.27. The van der Waals surface area contributed by atoms with Crippen LogP contribution in [0.5, 0.6) is 0 Å². The second-order valence-electron chi connectivity index (χ2n) is 4.64. The van der Waals surface area contributed by atoms with Crippen molar-refractivity contribution in [3.8, 4) is 0 Å². The zero-order chi connectivity index (χ0) is 13.5. The molecule has 0 bridgehead atoms. The first-order valence-electron chi connectivity index (χ1n) is 7.00. The topological polar surface area (TPSA) is 24.9 Å². The van der Waals surface area contributed by atoms with Gasteiger partial charge in [-0.05, 0) is 29.7 Å². The van der Waals surface area contributed by atoms with Gasteiger partial charge in [-0.15, -0.1) is 0 Å². The first kappa shape index (κ1) is 14.4. The highest BCUT2D eigenvalue weighted by molar-refractivity contribution is 7.99. The van der Waals surface area contributed by atoms with Gasteiger partial charge >= 0.3 is 0 Å². The molecule has 0 saturated carbocycles. The second kappa shape index (κ2) is 7.51. The first-order chi connectivity index (χ1) is 9.36. The smallest absolute Gasteiger partial charge is 0.0433 e. The van der Waals surface area contributed by atoms with E-state index in [0.717, 1.165) is 12.3 Å². The van der Waals surface area contributed by atoms with Gasteiger partial charge in [-0.2, -0.15) is 11.8 Å². The average Bonchev–Trinajstić information content (AvgIpc) is 2.46. The van der Waals surface area contributed by atoms with Gasteiger partial charge in [0, 0.05) is 29.6 Å². The van der Waals surface area contributed by atoms with E-state index in [2.05, 4.69) is 48.4 Å². The third-order valence-electron chi connectivity index (χ3n) is 3.16. The van der Waals surface area contributed by atoms with Crippen LogP contribution in [-0.2, 0) is 0 Å². The van der Waals surface area contributed by atoms with Crippen LogP contribution in [-0.4, -0.2) is 23.0 Å². The highest BCUT2D eigenvalue weighted by Gasteiger charge is 2.13. The first-order valence-corrected chi connectivity index (χ1v) is 8.16. The average molecular weight is 274 g/mol. The van der Waals surface area contributed by atoms with Gasteiger partial charge < -0.3 is 5.32 Å². The Hall–Kier alpha value is -1.06. The van der Waals surface area contributed by atoms with E-state index in [1.807, 2.05) is 24.2 Å². The summed E-state index contributed by atoms with van der Waals surface area (Å²) < 4.78 is 0. The summed E-state index contributed by atoms with van der Waals surface area (Å²) in [5.41, 5.74) is 1.32. The van der Waals surface area contributed by atoms with Crippen molar-refractivity contribution >= 4 is 22.5 Å². The summed E-state index contributed by atoms with van der Waals surface area (Å²) in [5.74, 6) is 2.33. The molecule has 0 fully saturated rings. The van der Waals surface area contributed by atoms with Crippen LogP contribution in [0, 0.1) is 0 Å². The molecule has 0 radical (unpaired) electrons. The number of pyridine rings is 1. The summed E-state index contributed by atoms with van der Waals surface area (Å²) in [7, 11) is 0. The van der Waals surface area contributed by atoms with Crippen LogP contribution in [0.1, 0.15) is 31.9 Å². The maximum absolute atomic E-state index is 4.39. The molecule has 1 heterocycles. The highest BCUT2D eigenvalue weighted by atomic mass is 32.2. The van der Waals surface area contributed by atoms with Crippen LogP contribution in [0.4, 0.5) is 0 Å². The Morgan fingerprint density at radius 3 is 2.84 bits per heavy atom. The van der Waals surface area contributed by atoms with E-state index in [9.17, 15) is 0 Å². The summed E-state index contributed by atoms with van der Waals surface area (Å²) in [6.07, 6.45) is 5.19. The Morgan fingerprint density at radius 2 is 2.05 bits per heavy atom. The fraction of sp³-hybridized carbons (Fsp3) is 0.438. The molecule has 102 valence electrons. The Labute approximate surface area is 120 Å². The zero-order valence-electron chi connectivity index (χ0n) is 11.7. The van der Waals surface area contributed by atoms with Gasteiger partial charge in [0.05, 0.1) is 0 Å². The molecule has 0 aliphatic carbocycles. The molecule has 1 aromatic carbocycles. The van der Waals surface area contributed by atoms with Gasteiger partial charge in [0.15, 0.2) is 0 Å². The fourth-order valence-corrected chi connectivity index (χ4v) is 3.26. The highest BCUT2D eigenvalue weighted by Crippen LogP contribution is 2.25. The number of nitrogens with one attached hydrogen (secondary N) is 1.